The van der Waals surface area contributed by atoms with Crippen LogP contribution in [-0.4, -0.2) is 23.9 Å². The second-order valence-corrected chi connectivity index (χ2v) is 14.5. The van der Waals surface area contributed by atoms with Gasteiger partial charge in [-0.15, -0.1) is 28.8 Å². The summed E-state index contributed by atoms with van der Waals surface area (Å²) in [6.45, 7) is 10.00. The number of carbonyl (C=O) groups excluding carboxylic acids is 1. The molecule has 0 atom stereocenters. The summed E-state index contributed by atoms with van der Waals surface area (Å²) in [6, 6.07) is 24.7. The van der Waals surface area contributed by atoms with Crippen molar-refractivity contribution in [2.45, 2.75) is 33.5 Å². The van der Waals surface area contributed by atoms with Crippen LogP contribution in [0.25, 0.3) is 43.9 Å². The van der Waals surface area contributed by atoms with Crippen molar-refractivity contribution in [1.82, 2.24) is 4.98 Å². The van der Waals surface area contributed by atoms with Crippen molar-refractivity contribution in [3.05, 3.63) is 84.8 Å². The Morgan fingerprint density at radius 2 is 1.63 bits per heavy atom. The molecule has 1 radical (unpaired) electrons. The smallest absolute Gasteiger partial charge is 0.155 e. The Morgan fingerprint density at radius 3 is 2.26 bits per heavy atom. The molecule has 3 aromatic carbocycles. The third-order valence-corrected chi connectivity index (χ3v) is 7.59. The van der Waals surface area contributed by atoms with Crippen molar-refractivity contribution in [1.29, 1.82) is 0 Å². The molecule has 35 heavy (non-hydrogen) atoms. The molecule has 0 saturated carbocycles. The molecule has 181 valence electrons. The summed E-state index contributed by atoms with van der Waals surface area (Å²) in [5.41, 5.74) is 3.70. The summed E-state index contributed by atoms with van der Waals surface area (Å²) >= 11 is 0. The first-order chi connectivity index (χ1) is 16.1. The fourth-order valence-corrected chi connectivity index (χ4v) is 5.73. The van der Waals surface area contributed by atoms with E-state index in [1.54, 1.807) is 6.26 Å². The summed E-state index contributed by atoms with van der Waals surface area (Å²) < 4.78 is 5.88. The second-order valence-electron chi connectivity index (χ2n) is 9.43. The standard InChI is InChI=1S/C24H20NOSi.C5H8O2.Ir/c1-27(2,3)22-15-17(14-16-8-4-5-9-18(16)22)23-24-20(12-13-26-24)19-10-6-7-11-21(19)25-23;1-4(6)3-5(2)7;/h4-13,15H,1-3H3;3,6H,1-2H3;/q-1;;/b;4-3-;. The summed E-state index contributed by atoms with van der Waals surface area (Å²) in [5.74, 6) is -0.0625. The summed E-state index contributed by atoms with van der Waals surface area (Å²) in [7, 11) is -1.55. The minimum atomic E-state index is -1.55. The molecule has 0 unspecified atom stereocenters. The average Bonchev–Trinajstić information content (AvgIpc) is 3.27. The summed E-state index contributed by atoms with van der Waals surface area (Å²) in [4.78, 5) is 15.0. The first-order valence-electron chi connectivity index (χ1n) is 11.2. The molecular formula is C29H28IrNO3Si-. The molecule has 6 heteroatoms. The van der Waals surface area contributed by atoms with Gasteiger partial charge in [0.05, 0.1) is 25.6 Å². The van der Waals surface area contributed by atoms with Crippen LogP contribution in [0, 0.1) is 6.07 Å². The fourth-order valence-electron chi connectivity index (χ4n) is 4.13. The quantitative estimate of drug-likeness (QED) is 0.0966. The zero-order chi connectivity index (χ0) is 24.5. The Morgan fingerprint density at radius 1 is 0.971 bits per heavy atom. The van der Waals surface area contributed by atoms with Gasteiger partial charge in [0, 0.05) is 42.6 Å². The zero-order valence-electron chi connectivity index (χ0n) is 20.5. The molecule has 0 aliphatic heterocycles. The number of rotatable bonds is 3. The number of nitrogens with zero attached hydrogens (tertiary/aromatic N) is 1. The maximum absolute atomic E-state index is 10.0. The molecule has 2 heterocycles. The molecule has 1 N–H and O–H groups in total. The van der Waals surface area contributed by atoms with E-state index in [9.17, 15) is 4.79 Å². The van der Waals surface area contributed by atoms with E-state index in [1.807, 2.05) is 18.2 Å². The number of aromatic nitrogens is 1. The molecule has 2 aromatic heterocycles. The van der Waals surface area contributed by atoms with Gasteiger partial charge in [0.25, 0.3) is 0 Å². The van der Waals surface area contributed by atoms with Crippen molar-refractivity contribution in [3.8, 4) is 11.3 Å². The SMILES string of the molecule is CC(=O)/C=C(/C)O.C[Si](C)(C)c1cc(-c2nc3ccccc3c3ccoc23)[c-]c2ccccc12.[Ir]. The Kier molecular flexibility index (Phi) is 8.11. The number of allylic oxidation sites excluding steroid dienone is 2. The number of hydrogen-bond donors (Lipinski definition) is 1. The normalized spacial score (nSPS) is 11.7. The van der Waals surface area contributed by atoms with Crippen LogP contribution in [0.4, 0.5) is 0 Å². The molecule has 0 fully saturated rings. The Bertz CT molecular complexity index is 1540. The monoisotopic (exact) mass is 659 g/mol. The number of pyridine rings is 1. The summed E-state index contributed by atoms with van der Waals surface area (Å²) in [5, 5.41) is 14.5. The molecule has 0 spiro atoms. The fraction of sp³-hybridized carbons (Fsp3) is 0.172. The molecule has 0 aliphatic carbocycles. The van der Waals surface area contributed by atoms with Gasteiger partial charge in [0.1, 0.15) is 5.58 Å². The number of furan rings is 1. The number of para-hydroxylation sites is 1. The maximum atomic E-state index is 10.0. The molecule has 0 bridgehead atoms. The van der Waals surface area contributed by atoms with Crippen molar-refractivity contribution < 1.29 is 34.4 Å². The van der Waals surface area contributed by atoms with Crippen LogP contribution in [-0.2, 0) is 24.9 Å². The molecule has 4 nitrogen and oxygen atoms in total. The minimum Gasteiger partial charge on any atom is -0.512 e. The van der Waals surface area contributed by atoms with E-state index in [0.717, 1.165) is 38.5 Å². The van der Waals surface area contributed by atoms with Gasteiger partial charge in [-0.3, -0.25) is 9.78 Å². The van der Waals surface area contributed by atoms with E-state index in [4.69, 9.17) is 14.5 Å². The van der Waals surface area contributed by atoms with Gasteiger partial charge in [-0.1, -0.05) is 67.0 Å². The van der Waals surface area contributed by atoms with Crippen molar-refractivity contribution in [2.75, 3.05) is 0 Å². The van der Waals surface area contributed by atoms with E-state index < -0.39 is 8.07 Å². The van der Waals surface area contributed by atoms with Crippen molar-refractivity contribution in [3.63, 3.8) is 0 Å². The van der Waals surface area contributed by atoms with E-state index >= 15 is 0 Å². The number of carbonyl (C=O) groups is 1. The predicted octanol–water partition coefficient (Wildman–Crippen LogP) is 7.18. The van der Waals surface area contributed by atoms with E-state index in [1.165, 1.54) is 30.5 Å². The third kappa shape index (κ3) is 5.79. The molecule has 0 aliphatic rings. The van der Waals surface area contributed by atoms with E-state index in [2.05, 4.69) is 68.2 Å². The van der Waals surface area contributed by atoms with Crippen LogP contribution >= 0.6 is 0 Å². The number of aliphatic hydroxyl groups is 1. The van der Waals surface area contributed by atoms with Crippen LogP contribution < -0.4 is 5.19 Å². The number of hydrogen-bond acceptors (Lipinski definition) is 4. The van der Waals surface area contributed by atoms with Gasteiger partial charge in [-0.2, -0.15) is 0 Å². The first kappa shape index (κ1) is 26.5. The third-order valence-electron chi connectivity index (χ3n) is 5.56. The van der Waals surface area contributed by atoms with Gasteiger partial charge >= 0.3 is 0 Å². The Hall–Kier alpha value is -3.05. The number of ketones is 1. The largest absolute Gasteiger partial charge is 0.512 e. The Balaban J connectivity index is 0.000000378. The van der Waals surface area contributed by atoms with Gasteiger partial charge < -0.3 is 9.52 Å². The summed E-state index contributed by atoms with van der Waals surface area (Å²) in [6.07, 6.45) is 2.92. The predicted molar refractivity (Wildman–Crippen MR) is 143 cm³/mol. The van der Waals surface area contributed by atoms with E-state index in [0.29, 0.717) is 0 Å². The van der Waals surface area contributed by atoms with Crippen LogP contribution in [0.5, 0.6) is 0 Å². The van der Waals surface area contributed by atoms with Gasteiger partial charge in [0.2, 0.25) is 0 Å². The van der Waals surface area contributed by atoms with E-state index in [-0.39, 0.29) is 31.6 Å². The minimum absolute atomic E-state index is 0. The number of aliphatic hydroxyl groups excluding tert-OH is 1. The Labute approximate surface area is 220 Å². The molecule has 5 aromatic rings. The van der Waals surface area contributed by atoms with Crippen LogP contribution in [0.15, 0.2) is 83.2 Å². The van der Waals surface area contributed by atoms with Crippen LogP contribution in [0.2, 0.25) is 19.6 Å². The molecule has 5 rings (SSSR count). The van der Waals surface area contributed by atoms with Gasteiger partial charge in [-0.05, 0) is 26.0 Å². The first-order valence-corrected chi connectivity index (χ1v) is 14.7. The zero-order valence-corrected chi connectivity index (χ0v) is 23.9. The van der Waals surface area contributed by atoms with Gasteiger partial charge in [0.15, 0.2) is 5.78 Å². The average molecular weight is 659 g/mol. The number of benzene rings is 3. The van der Waals surface area contributed by atoms with Gasteiger partial charge in [-0.25, -0.2) is 0 Å². The van der Waals surface area contributed by atoms with Crippen molar-refractivity contribution in [2.24, 2.45) is 0 Å². The second kappa shape index (κ2) is 10.7. The maximum Gasteiger partial charge on any atom is 0.155 e. The van der Waals surface area contributed by atoms with Crippen LogP contribution in [0.1, 0.15) is 13.8 Å². The molecule has 0 saturated heterocycles. The van der Waals surface area contributed by atoms with Crippen LogP contribution in [0.3, 0.4) is 0 Å². The molecular weight excluding hydrogens is 631 g/mol. The topological polar surface area (TPSA) is 63.3 Å². The number of fused-ring (bicyclic) bond motifs is 4. The molecule has 0 amide bonds. The van der Waals surface area contributed by atoms with Crippen molar-refractivity contribution >= 4 is 51.7 Å².